The van der Waals surface area contributed by atoms with Crippen LogP contribution >= 0.6 is 0 Å². The van der Waals surface area contributed by atoms with E-state index in [0.717, 1.165) is 13.1 Å². The average molecular weight is 410 g/mol. The third-order valence-electron chi connectivity index (χ3n) is 5.16. The van der Waals surface area contributed by atoms with Gasteiger partial charge in [0.25, 0.3) is 5.69 Å². The minimum Gasteiger partial charge on any atom is -0.368 e. The van der Waals surface area contributed by atoms with Crippen LogP contribution in [0, 0.1) is 10.1 Å². The molecule has 2 amide bonds. The SMILES string of the molecule is O=C(Cc1ccc([N+](=O)[O-])cc1)NCCCC(=O)N1CCN(c2ccccc2)CC1. The van der Waals surface area contributed by atoms with Crippen LogP contribution in [-0.4, -0.2) is 54.4 Å². The van der Waals surface area contributed by atoms with E-state index < -0.39 is 4.92 Å². The average Bonchev–Trinajstić information content (AvgIpc) is 2.77. The van der Waals surface area contributed by atoms with Gasteiger partial charge in [0.05, 0.1) is 11.3 Å². The first-order valence-electron chi connectivity index (χ1n) is 10.1. The minimum absolute atomic E-state index is 0.00210. The van der Waals surface area contributed by atoms with Crippen molar-refractivity contribution in [2.24, 2.45) is 0 Å². The van der Waals surface area contributed by atoms with Crippen molar-refractivity contribution >= 4 is 23.2 Å². The van der Waals surface area contributed by atoms with Crippen molar-refractivity contribution in [3.63, 3.8) is 0 Å². The fourth-order valence-electron chi connectivity index (χ4n) is 3.46. The summed E-state index contributed by atoms with van der Waals surface area (Å²) in [5, 5.41) is 13.5. The molecule has 0 unspecified atom stereocenters. The summed E-state index contributed by atoms with van der Waals surface area (Å²) >= 11 is 0. The molecule has 1 aliphatic rings. The van der Waals surface area contributed by atoms with Gasteiger partial charge in [-0.25, -0.2) is 0 Å². The van der Waals surface area contributed by atoms with Gasteiger partial charge in [-0.15, -0.1) is 0 Å². The molecular weight excluding hydrogens is 384 g/mol. The zero-order valence-corrected chi connectivity index (χ0v) is 16.8. The highest BCUT2D eigenvalue weighted by atomic mass is 16.6. The van der Waals surface area contributed by atoms with Crippen LogP contribution in [-0.2, 0) is 16.0 Å². The maximum absolute atomic E-state index is 12.4. The van der Waals surface area contributed by atoms with E-state index >= 15 is 0 Å². The molecule has 1 aliphatic heterocycles. The van der Waals surface area contributed by atoms with Crippen LogP contribution in [0.25, 0.3) is 0 Å². The molecule has 158 valence electrons. The quantitative estimate of drug-likeness (QED) is 0.410. The van der Waals surface area contributed by atoms with E-state index in [-0.39, 0.29) is 23.9 Å². The molecule has 0 bridgehead atoms. The zero-order valence-electron chi connectivity index (χ0n) is 16.8. The molecule has 0 atom stereocenters. The zero-order chi connectivity index (χ0) is 21.3. The molecule has 3 rings (SSSR count). The van der Waals surface area contributed by atoms with Crippen molar-refractivity contribution < 1.29 is 14.5 Å². The van der Waals surface area contributed by atoms with Gasteiger partial charge in [0.1, 0.15) is 0 Å². The van der Waals surface area contributed by atoms with Crippen LogP contribution in [0.15, 0.2) is 54.6 Å². The summed E-state index contributed by atoms with van der Waals surface area (Å²) in [6, 6.07) is 16.1. The van der Waals surface area contributed by atoms with Gasteiger partial charge in [0, 0.05) is 57.0 Å². The molecule has 1 N–H and O–H groups in total. The van der Waals surface area contributed by atoms with E-state index in [0.29, 0.717) is 38.0 Å². The van der Waals surface area contributed by atoms with Gasteiger partial charge in [0.2, 0.25) is 11.8 Å². The number of nitro groups is 1. The van der Waals surface area contributed by atoms with Crippen molar-refractivity contribution in [3.8, 4) is 0 Å². The van der Waals surface area contributed by atoms with Crippen molar-refractivity contribution in [1.29, 1.82) is 0 Å². The van der Waals surface area contributed by atoms with Crippen LogP contribution in [0.5, 0.6) is 0 Å². The van der Waals surface area contributed by atoms with Gasteiger partial charge in [-0.2, -0.15) is 0 Å². The predicted molar refractivity (Wildman–Crippen MR) is 114 cm³/mol. The summed E-state index contributed by atoms with van der Waals surface area (Å²) in [6.07, 6.45) is 1.15. The number of rotatable bonds is 8. The number of carbonyl (C=O) groups is 2. The van der Waals surface area contributed by atoms with E-state index in [1.807, 2.05) is 23.1 Å². The first-order valence-corrected chi connectivity index (χ1v) is 10.1. The van der Waals surface area contributed by atoms with Crippen molar-refractivity contribution in [2.75, 3.05) is 37.6 Å². The molecular formula is C22H26N4O4. The Morgan fingerprint density at radius 1 is 0.967 bits per heavy atom. The maximum Gasteiger partial charge on any atom is 0.269 e. The number of anilines is 1. The first kappa shape index (κ1) is 21.3. The number of non-ortho nitro benzene ring substituents is 1. The minimum atomic E-state index is -0.470. The summed E-state index contributed by atoms with van der Waals surface area (Å²) in [6.45, 7) is 3.49. The molecule has 0 saturated carbocycles. The Bertz CT molecular complexity index is 862. The lowest BCUT2D eigenvalue weighted by Gasteiger charge is -2.36. The Balaban J connectivity index is 1.32. The summed E-state index contributed by atoms with van der Waals surface area (Å²) in [5.74, 6) is -0.0416. The number of benzene rings is 2. The first-order chi connectivity index (χ1) is 14.5. The highest BCUT2D eigenvalue weighted by Gasteiger charge is 2.20. The largest absolute Gasteiger partial charge is 0.368 e. The Kier molecular flexibility index (Phi) is 7.37. The fraction of sp³-hybridized carbons (Fsp3) is 0.364. The van der Waals surface area contributed by atoms with Gasteiger partial charge in [0.15, 0.2) is 0 Å². The lowest BCUT2D eigenvalue weighted by molar-refractivity contribution is -0.384. The number of nitrogens with zero attached hydrogens (tertiary/aromatic N) is 3. The van der Waals surface area contributed by atoms with Crippen molar-refractivity contribution in [1.82, 2.24) is 10.2 Å². The lowest BCUT2D eigenvalue weighted by atomic mass is 10.1. The molecule has 1 fully saturated rings. The lowest BCUT2D eigenvalue weighted by Crippen LogP contribution is -2.48. The van der Waals surface area contributed by atoms with E-state index in [1.54, 1.807) is 12.1 Å². The van der Waals surface area contributed by atoms with Crippen LogP contribution in [0.2, 0.25) is 0 Å². The van der Waals surface area contributed by atoms with Gasteiger partial charge >= 0.3 is 0 Å². The van der Waals surface area contributed by atoms with Gasteiger partial charge in [-0.3, -0.25) is 19.7 Å². The fourth-order valence-corrected chi connectivity index (χ4v) is 3.46. The van der Waals surface area contributed by atoms with Gasteiger partial charge in [-0.1, -0.05) is 30.3 Å². The second-order valence-electron chi connectivity index (χ2n) is 7.26. The number of nitrogens with one attached hydrogen (secondary N) is 1. The molecule has 0 aliphatic carbocycles. The molecule has 2 aromatic rings. The molecule has 8 nitrogen and oxygen atoms in total. The number of para-hydroxylation sites is 1. The molecule has 1 heterocycles. The Morgan fingerprint density at radius 3 is 2.27 bits per heavy atom. The second kappa shape index (κ2) is 10.4. The van der Waals surface area contributed by atoms with Crippen LogP contribution in [0.4, 0.5) is 11.4 Å². The summed E-state index contributed by atoms with van der Waals surface area (Å²) in [7, 11) is 0. The standard InChI is InChI=1S/C22H26N4O4/c27-21(17-18-8-10-20(11-9-18)26(29)30)23-12-4-7-22(28)25-15-13-24(14-16-25)19-5-2-1-3-6-19/h1-3,5-6,8-11H,4,7,12-17H2,(H,23,27). The van der Waals surface area contributed by atoms with Gasteiger partial charge in [-0.05, 0) is 24.1 Å². The number of hydrogen-bond acceptors (Lipinski definition) is 5. The van der Waals surface area contributed by atoms with Crippen molar-refractivity contribution in [3.05, 3.63) is 70.3 Å². The van der Waals surface area contributed by atoms with E-state index in [9.17, 15) is 19.7 Å². The molecule has 8 heteroatoms. The Morgan fingerprint density at radius 2 is 1.63 bits per heavy atom. The van der Waals surface area contributed by atoms with E-state index in [1.165, 1.54) is 17.8 Å². The molecule has 0 spiro atoms. The summed E-state index contributed by atoms with van der Waals surface area (Å²) < 4.78 is 0. The molecule has 1 saturated heterocycles. The Labute approximate surface area is 175 Å². The van der Waals surface area contributed by atoms with Crippen LogP contribution in [0.3, 0.4) is 0 Å². The van der Waals surface area contributed by atoms with Crippen LogP contribution in [0.1, 0.15) is 18.4 Å². The number of carbonyl (C=O) groups excluding carboxylic acids is 2. The molecule has 2 aromatic carbocycles. The normalized spacial score (nSPS) is 13.7. The second-order valence-corrected chi connectivity index (χ2v) is 7.26. The van der Waals surface area contributed by atoms with E-state index in [2.05, 4.69) is 22.3 Å². The third kappa shape index (κ3) is 6.04. The topological polar surface area (TPSA) is 95.8 Å². The number of piperazine rings is 1. The monoisotopic (exact) mass is 410 g/mol. The third-order valence-corrected chi connectivity index (χ3v) is 5.16. The molecule has 30 heavy (non-hydrogen) atoms. The van der Waals surface area contributed by atoms with Gasteiger partial charge < -0.3 is 15.1 Å². The summed E-state index contributed by atoms with van der Waals surface area (Å²) in [4.78, 5) is 38.8. The van der Waals surface area contributed by atoms with Crippen molar-refractivity contribution in [2.45, 2.75) is 19.3 Å². The highest BCUT2D eigenvalue weighted by Crippen LogP contribution is 2.16. The number of hydrogen-bond donors (Lipinski definition) is 1. The highest BCUT2D eigenvalue weighted by molar-refractivity contribution is 5.79. The smallest absolute Gasteiger partial charge is 0.269 e. The Hall–Kier alpha value is -3.42. The number of amides is 2. The summed E-state index contributed by atoms with van der Waals surface area (Å²) in [5.41, 5.74) is 1.90. The molecule has 0 aromatic heterocycles. The molecule has 0 radical (unpaired) electrons. The number of nitro benzene ring substituents is 1. The predicted octanol–water partition coefficient (Wildman–Crippen LogP) is 2.38. The maximum atomic E-state index is 12.4. The van der Waals surface area contributed by atoms with Crippen LogP contribution < -0.4 is 10.2 Å². The van der Waals surface area contributed by atoms with E-state index in [4.69, 9.17) is 0 Å².